The van der Waals surface area contributed by atoms with E-state index in [1.54, 1.807) is 0 Å². The second-order valence-electron chi connectivity index (χ2n) is 5.89. The molecular weight excluding hydrogens is 354 g/mol. The van der Waals surface area contributed by atoms with E-state index in [1.807, 2.05) is 0 Å². The first-order valence-corrected chi connectivity index (χ1v) is 10.9. The Morgan fingerprint density at radius 2 is 1.71 bits per heavy atom. The molecule has 0 aromatic heterocycles. The molecule has 7 nitrogen and oxygen atoms in total. The number of carboxylic acids is 1. The number of sulfone groups is 1. The van der Waals surface area contributed by atoms with Crippen molar-refractivity contribution < 1.29 is 26.7 Å². The summed E-state index contributed by atoms with van der Waals surface area (Å²) < 4.78 is 51.3. The highest BCUT2D eigenvalue weighted by Gasteiger charge is 2.29. The van der Waals surface area contributed by atoms with Crippen LogP contribution >= 0.6 is 0 Å². The van der Waals surface area contributed by atoms with Crippen LogP contribution in [0.2, 0.25) is 0 Å². The van der Waals surface area contributed by atoms with Crippen molar-refractivity contribution in [2.45, 2.75) is 48.4 Å². The molecule has 1 aliphatic rings. The fraction of sp³-hybridized carbons (Fsp3) is 0.533. The Kier molecular flexibility index (Phi) is 5.67. The second kappa shape index (κ2) is 7.20. The van der Waals surface area contributed by atoms with Crippen LogP contribution < -0.4 is 4.72 Å². The molecule has 0 unspecified atom stereocenters. The fourth-order valence-electron chi connectivity index (χ4n) is 2.75. The molecule has 1 aliphatic carbocycles. The molecule has 0 spiro atoms. The summed E-state index contributed by atoms with van der Waals surface area (Å²) in [6.45, 7) is 1.50. The molecule has 0 amide bonds. The van der Waals surface area contributed by atoms with Crippen LogP contribution in [0.5, 0.6) is 0 Å². The molecule has 134 valence electrons. The van der Waals surface area contributed by atoms with Crippen LogP contribution in [0, 0.1) is 5.92 Å². The highest BCUT2D eigenvalue weighted by atomic mass is 32.2. The molecule has 0 heterocycles. The first-order chi connectivity index (χ1) is 11.2. The molecule has 1 aromatic rings. The summed E-state index contributed by atoms with van der Waals surface area (Å²) in [7, 11) is -7.34. The van der Waals surface area contributed by atoms with E-state index in [-0.39, 0.29) is 21.6 Å². The molecular formula is C15H21NO6S2. The van der Waals surface area contributed by atoms with Gasteiger partial charge in [-0.15, -0.1) is 0 Å². The van der Waals surface area contributed by atoms with E-state index in [2.05, 4.69) is 4.72 Å². The summed E-state index contributed by atoms with van der Waals surface area (Å²) in [6.07, 6.45) is 1.74. The van der Waals surface area contributed by atoms with Gasteiger partial charge in [0.1, 0.15) is 0 Å². The summed E-state index contributed by atoms with van der Waals surface area (Å²) in [5, 5.41) is 8.97. The van der Waals surface area contributed by atoms with Crippen molar-refractivity contribution in [2.24, 2.45) is 5.92 Å². The minimum Gasteiger partial charge on any atom is -0.481 e. The Balaban J connectivity index is 2.14. The van der Waals surface area contributed by atoms with Crippen LogP contribution in [0.25, 0.3) is 0 Å². The van der Waals surface area contributed by atoms with Crippen LogP contribution in [0.3, 0.4) is 0 Å². The number of rotatable bonds is 6. The minimum absolute atomic E-state index is 0.0255. The van der Waals surface area contributed by atoms with Gasteiger partial charge in [0.05, 0.1) is 21.5 Å². The number of benzene rings is 1. The van der Waals surface area contributed by atoms with Crippen molar-refractivity contribution in [2.75, 3.05) is 5.75 Å². The Morgan fingerprint density at radius 1 is 1.12 bits per heavy atom. The molecule has 0 aliphatic heterocycles. The molecule has 1 aromatic carbocycles. The number of carbonyl (C=O) groups is 1. The van der Waals surface area contributed by atoms with Crippen molar-refractivity contribution in [3.63, 3.8) is 0 Å². The third kappa shape index (κ3) is 4.34. The van der Waals surface area contributed by atoms with Gasteiger partial charge in [-0.2, -0.15) is 0 Å². The molecule has 9 heteroatoms. The lowest BCUT2D eigenvalue weighted by atomic mass is 9.87. The average molecular weight is 375 g/mol. The van der Waals surface area contributed by atoms with E-state index in [9.17, 15) is 21.6 Å². The maximum absolute atomic E-state index is 12.5. The van der Waals surface area contributed by atoms with Gasteiger partial charge in [0.25, 0.3) is 0 Å². The maximum Gasteiger partial charge on any atom is 0.306 e. The highest BCUT2D eigenvalue weighted by molar-refractivity contribution is 7.91. The summed E-state index contributed by atoms with van der Waals surface area (Å²) in [6, 6.07) is 4.94. The third-order valence-electron chi connectivity index (χ3n) is 4.25. The summed E-state index contributed by atoms with van der Waals surface area (Å²) in [5.74, 6) is -1.39. The average Bonchev–Trinajstić information content (AvgIpc) is 2.55. The van der Waals surface area contributed by atoms with E-state index in [0.29, 0.717) is 25.7 Å². The van der Waals surface area contributed by atoms with Gasteiger partial charge in [-0.25, -0.2) is 21.6 Å². The quantitative estimate of drug-likeness (QED) is 0.776. The zero-order chi connectivity index (χ0) is 18.0. The van der Waals surface area contributed by atoms with Crippen LogP contribution in [-0.2, 0) is 24.7 Å². The molecule has 2 rings (SSSR count). The van der Waals surface area contributed by atoms with Crippen molar-refractivity contribution in [1.82, 2.24) is 4.72 Å². The minimum atomic E-state index is -3.85. The Bertz CT molecular complexity index is 808. The van der Waals surface area contributed by atoms with Crippen molar-refractivity contribution in [3.05, 3.63) is 24.3 Å². The summed E-state index contributed by atoms with van der Waals surface area (Å²) in [5.41, 5.74) is 0. The van der Waals surface area contributed by atoms with E-state index in [0.717, 1.165) is 6.07 Å². The fourth-order valence-corrected chi connectivity index (χ4v) is 5.10. The number of hydrogen-bond donors (Lipinski definition) is 2. The van der Waals surface area contributed by atoms with Gasteiger partial charge in [0.2, 0.25) is 10.0 Å². The third-order valence-corrected chi connectivity index (χ3v) is 7.50. The predicted octanol–water partition coefficient (Wildman–Crippen LogP) is 1.40. The molecule has 1 fully saturated rings. The monoisotopic (exact) mass is 375 g/mol. The number of carboxylic acid groups (broad SMARTS) is 1. The first-order valence-electron chi connectivity index (χ1n) is 7.73. The van der Waals surface area contributed by atoms with E-state index in [1.165, 1.54) is 25.1 Å². The van der Waals surface area contributed by atoms with Gasteiger partial charge in [0, 0.05) is 6.04 Å². The largest absolute Gasteiger partial charge is 0.481 e. The first kappa shape index (κ1) is 18.9. The number of sulfonamides is 1. The number of nitrogens with one attached hydrogen (secondary N) is 1. The van der Waals surface area contributed by atoms with E-state index < -0.39 is 31.7 Å². The molecule has 0 bridgehead atoms. The molecule has 0 saturated heterocycles. The summed E-state index contributed by atoms with van der Waals surface area (Å²) in [4.78, 5) is 10.8. The Morgan fingerprint density at radius 3 is 2.25 bits per heavy atom. The molecule has 2 N–H and O–H groups in total. The van der Waals surface area contributed by atoms with Crippen LogP contribution in [0.15, 0.2) is 34.1 Å². The van der Waals surface area contributed by atoms with E-state index in [4.69, 9.17) is 5.11 Å². The van der Waals surface area contributed by atoms with Crippen molar-refractivity contribution >= 4 is 25.8 Å². The molecule has 0 radical (unpaired) electrons. The van der Waals surface area contributed by atoms with Gasteiger partial charge in [-0.3, -0.25) is 4.79 Å². The number of aliphatic carboxylic acids is 1. The second-order valence-corrected chi connectivity index (χ2v) is 9.88. The molecule has 1 saturated carbocycles. The van der Waals surface area contributed by atoms with Crippen molar-refractivity contribution in [1.29, 1.82) is 0 Å². The van der Waals surface area contributed by atoms with Crippen LogP contribution in [0.4, 0.5) is 0 Å². The van der Waals surface area contributed by atoms with Gasteiger partial charge >= 0.3 is 5.97 Å². The number of hydrogen-bond acceptors (Lipinski definition) is 5. The normalized spacial score (nSPS) is 22.2. The van der Waals surface area contributed by atoms with Crippen molar-refractivity contribution in [3.8, 4) is 0 Å². The van der Waals surface area contributed by atoms with Crippen LogP contribution in [0.1, 0.15) is 32.6 Å². The standard InChI is InChI=1S/C15H21NO6S2/c1-2-23(19,20)13-4-3-5-14(10-13)24(21,22)16-12-8-6-11(7-9-12)15(17)18/h3-5,10-12,16H,2,6-9H2,1H3,(H,17,18). The predicted molar refractivity (Wildman–Crippen MR) is 87.9 cm³/mol. The van der Waals surface area contributed by atoms with Gasteiger partial charge < -0.3 is 5.11 Å². The topological polar surface area (TPSA) is 118 Å². The Hall–Kier alpha value is -1.45. The Labute approximate surface area is 142 Å². The smallest absolute Gasteiger partial charge is 0.306 e. The van der Waals surface area contributed by atoms with Gasteiger partial charge in [-0.1, -0.05) is 13.0 Å². The van der Waals surface area contributed by atoms with Crippen LogP contribution in [-0.4, -0.2) is 39.7 Å². The van der Waals surface area contributed by atoms with Gasteiger partial charge in [0.15, 0.2) is 9.84 Å². The molecule has 0 atom stereocenters. The zero-order valence-corrected chi connectivity index (χ0v) is 14.9. The molecule has 24 heavy (non-hydrogen) atoms. The lowest BCUT2D eigenvalue weighted by molar-refractivity contribution is -0.142. The zero-order valence-electron chi connectivity index (χ0n) is 13.3. The maximum atomic E-state index is 12.5. The van der Waals surface area contributed by atoms with Gasteiger partial charge in [-0.05, 0) is 43.9 Å². The van der Waals surface area contributed by atoms with E-state index >= 15 is 0 Å². The lowest BCUT2D eigenvalue weighted by Gasteiger charge is -2.26. The lowest BCUT2D eigenvalue weighted by Crippen LogP contribution is -2.38. The SMILES string of the molecule is CCS(=O)(=O)c1cccc(S(=O)(=O)NC2CCC(C(=O)O)CC2)c1. The summed E-state index contributed by atoms with van der Waals surface area (Å²) >= 11 is 0. The highest BCUT2D eigenvalue weighted by Crippen LogP contribution is 2.26.